The first-order valence-electron chi connectivity index (χ1n) is 6.35. The van der Waals surface area contributed by atoms with Gasteiger partial charge in [-0.2, -0.15) is 5.10 Å². The van der Waals surface area contributed by atoms with E-state index in [0.29, 0.717) is 22.6 Å². The highest BCUT2D eigenvalue weighted by Gasteiger charge is 2.15. The van der Waals surface area contributed by atoms with E-state index in [2.05, 4.69) is 26.5 Å². The lowest BCUT2D eigenvalue weighted by Gasteiger charge is -2.02. The molecule has 0 saturated heterocycles. The first-order valence-corrected chi connectivity index (χ1v) is 7.14. The Hall–Kier alpha value is -2.54. The zero-order valence-electron chi connectivity index (χ0n) is 11.2. The highest BCUT2D eigenvalue weighted by Crippen LogP contribution is 2.32. The van der Waals surface area contributed by atoms with Crippen molar-refractivity contribution < 1.29 is 19.4 Å². The number of aromatic hydroxyl groups is 1. The van der Waals surface area contributed by atoms with Gasteiger partial charge in [0, 0.05) is 15.6 Å². The molecular weight excluding hydrogens is 352 g/mol. The summed E-state index contributed by atoms with van der Waals surface area (Å²) in [5, 5.41) is 13.5. The highest BCUT2D eigenvalue weighted by molar-refractivity contribution is 9.10. The summed E-state index contributed by atoms with van der Waals surface area (Å²) in [6, 6.07) is 9.80. The van der Waals surface area contributed by atoms with Crippen LogP contribution in [0.5, 0.6) is 17.2 Å². The molecule has 6 nitrogen and oxygen atoms in total. The summed E-state index contributed by atoms with van der Waals surface area (Å²) in [6.45, 7) is 0.153. The highest BCUT2D eigenvalue weighted by atomic mass is 79.9. The first-order chi connectivity index (χ1) is 10.6. The van der Waals surface area contributed by atoms with Gasteiger partial charge in [-0.05, 0) is 36.4 Å². The predicted octanol–water partition coefficient (Wildman–Crippen LogP) is 2.65. The molecule has 0 atom stereocenters. The van der Waals surface area contributed by atoms with Crippen LogP contribution in [0.2, 0.25) is 0 Å². The second-order valence-corrected chi connectivity index (χ2v) is 5.39. The fraction of sp³-hybridized carbons (Fsp3) is 0.0667. The van der Waals surface area contributed by atoms with Crippen molar-refractivity contribution in [3.8, 4) is 17.2 Å². The lowest BCUT2D eigenvalue weighted by atomic mass is 10.2. The molecule has 0 aromatic heterocycles. The third kappa shape index (κ3) is 3.04. The standard InChI is InChI=1S/C15H11BrN2O4/c16-11-2-3-12(19)10(5-11)7-17-18-15(20)9-1-4-13-14(6-9)22-8-21-13/h1-7,19H,8H2,(H,18,20)/b17-7+. The molecule has 0 saturated carbocycles. The Kier molecular flexibility index (Phi) is 3.97. The Morgan fingerprint density at radius 3 is 2.91 bits per heavy atom. The average molecular weight is 363 g/mol. The number of hydrogen-bond acceptors (Lipinski definition) is 5. The molecule has 2 N–H and O–H groups in total. The van der Waals surface area contributed by atoms with Crippen molar-refractivity contribution >= 4 is 28.1 Å². The maximum Gasteiger partial charge on any atom is 0.271 e. The Bertz CT molecular complexity index is 761. The summed E-state index contributed by atoms with van der Waals surface area (Å²) in [7, 11) is 0. The Morgan fingerprint density at radius 1 is 1.23 bits per heavy atom. The summed E-state index contributed by atoms with van der Waals surface area (Å²) in [4.78, 5) is 12.0. The van der Waals surface area contributed by atoms with Gasteiger partial charge in [0.2, 0.25) is 6.79 Å². The minimum absolute atomic E-state index is 0.0734. The number of rotatable bonds is 3. The lowest BCUT2D eigenvalue weighted by Crippen LogP contribution is -2.17. The molecule has 1 aliphatic rings. The zero-order valence-corrected chi connectivity index (χ0v) is 12.8. The molecule has 0 radical (unpaired) electrons. The molecule has 2 aromatic rings. The molecule has 7 heteroatoms. The Morgan fingerprint density at radius 2 is 2.05 bits per heavy atom. The number of nitrogens with one attached hydrogen (secondary N) is 1. The number of fused-ring (bicyclic) bond motifs is 1. The van der Waals surface area contributed by atoms with Crippen molar-refractivity contribution in [2.24, 2.45) is 5.10 Å². The number of nitrogens with zero attached hydrogens (tertiary/aromatic N) is 1. The summed E-state index contributed by atoms with van der Waals surface area (Å²) >= 11 is 3.30. The molecule has 0 fully saturated rings. The maximum absolute atomic E-state index is 12.0. The van der Waals surface area contributed by atoms with Crippen molar-refractivity contribution in [2.75, 3.05) is 6.79 Å². The summed E-state index contributed by atoms with van der Waals surface area (Å²) in [5.41, 5.74) is 3.28. The molecule has 22 heavy (non-hydrogen) atoms. The zero-order chi connectivity index (χ0) is 15.5. The number of hydrogen-bond donors (Lipinski definition) is 2. The van der Waals surface area contributed by atoms with Gasteiger partial charge in [-0.15, -0.1) is 0 Å². The van der Waals surface area contributed by atoms with Crippen LogP contribution in [0.15, 0.2) is 46.0 Å². The second-order valence-electron chi connectivity index (χ2n) is 4.47. The topological polar surface area (TPSA) is 80.2 Å². The van der Waals surface area contributed by atoms with E-state index in [9.17, 15) is 9.90 Å². The van der Waals surface area contributed by atoms with Crippen LogP contribution in [0.3, 0.4) is 0 Å². The Labute approximate surface area is 134 Å². The van der Waals surface area contributed by atoms with Crippen LogP contribution in [-0.4, -0.2) is 24.0 Å². The average Bonchev–Trinajstić information content (AvgIpc) is 2.98. The monoisotopic (exact) mass is 362 g/mol. The van der Waals surface area contributed by atoms with Gasteiger partial charge < -0.3 is 14.6 Å². The van der Waals surface area contributed by atoms with Crippen molar-refractivity contribution in [3.63, 3.8) is 0 Å². The van der Waals surface area contributed by atoms with Crippen LogP contribution in [0.25, 0.3) is 0 Å². The van der Waals surface area contributed by atoms with E-state index in [1.807, 2.05) is 0 Å². The number of benzene rings is 2. The van der Waals surface area contributed by atoms with E-state index < -0.39 is 0 Å². The number of hydrazone groups is 1. The van der Waals surface area contributed by atoms with E-state index in [1.165, 1.54) is 12.3 Å². The third-order valence-electron chi connectivity index (χ3n) is 2.99. The fourth-order valence-electron chi connectivity index (χ4n) is 1.89. The van der Waals surface area contributed by atoms with Gasteiger partial charge in [-0.3, -0.25) is 4.79 Å². The molecular formula is C15H11BrN2O4. The number of carbonyl (C=O) groups is 1. The molecule has 0 unspecified atom stereocenters. The number of ether oxygens (including phenoxy) is 2. The van der Waals surface area contributed by atoms with Crippen LogP contribution in [0.1, 0.15) is 15.9 Å². The van der Waals surface area contributed by atoms with Crippen molar-refractivity contribution in [1.29, 1.82) is 0 Å². The van der Waals surface area contributed by atoms with Gasteiger partial charge in [0.1, 0.15) is 5.75 Å². The number of amides is 1. The molecule has 112 valence electrons. The van der Waals surface area contributed by atoms with Gasteiger partial charge in [-0.1, -0.05) is 15.9 Å². The maximum atomic E-state index is 12.0. The van der Waals surface area contributed by atoms with Crippen molar-refractivity contribution in [1.82, 2.24) is 5.43 Å². The molecule has 3 rings (SSSR count). The number of carbonyl (C=O) groups excluding carboxylic acids is 1. The van der Waals surface area contributed by atoms with Crippen molar-refractivity contribution in [3.05, 3.63) is 52.0 Å². The van der Waals surface area contributed by atoms with Crippen LogP contribution < -0.4 is 14.9 Å². The fourth-order valence-corrected chi connectivity index (χ4v) is 2.27. The number of phenolic OH excluding ortho intramolecular Hbond substituents is 1. The smallest absolute Gasteiger partial charge is 0.271 e. The SMILES string of the molecule is O=C(N/N=C/c1cc(Br)ccc1O)c1ccc2c(c1)OCO2. The van der Waals surface area contributed by atoms with Crippen molar-refractivity contribution in [2.45, 2.75) is 0 Å². The van der Waals surface area contributed by atoms with Gasteiger partial charge >= 0.3 is 0 Å². The largest absolute Gasteiger partial charge is 0.507 e. The minimum Gasteiger partial charge on any atom is -0.507 e. The Balaban J connectivity index is 1.69. The van der Waals surface area contributed by atoms with Crippen LogP contribution in [0.4, 0.5) is 0 Å². The number of phenols is 1. The van der Waals surface area contributed by atoms with Gasteiger partial charge in [-0.25, -0.2) is 5.43 Å². The van der Waals surface area contributed by atoms with Crippen LogP contribution in [0, 0.1) is 0 Å². The van der Waals surface area contributed by atoms with E-state index in [-0.39, 0.29) is 18.4 Å². The quantitative estimate of drug-likeness (QED) is 0.649. The third-order valence-corrected chi connectivity index (χ3v) is 3.49. The summed E-state index contributed by atoms with van der Waals surface area (Å²) < 4.78 is 11.2. The minimum atomic E-state index is -0.385. The molecule has 2 aromatic carbocycles. The van der Waals surface area contributed by atoms with E-state index >= 15 is 0 Å². The van der Waals surface area contributed by atoms with E-state index in [0.717, 1.165) is 4.47 Å². The molecule has 0 bridgehead atoms. The number of halogens is 1. The molecule has 1 amide bonds. The van der Waals surface area contributed by atoms with Gasteiger partial charge in [0.25, 0.3) is 5.91 Å². The van der Waals surface area contributed by atoms with Crippen LogP contribution in [-0.2, 0) is 0 Å². The summed E-state index contributed by atoms with van der Waals surface area (Å²) in [5.74, 6) is 0.827. The second kappa shape index (κ2) is 6.07. The van der Waals surface area contributed by atoms with E-state index in [4.69, 9.17) is 9.47 Å². The van der Waals surface area contributed by atoms with Crippen LogP contribution >= 0.6 is 15.9 Å². The molecule has 0 aliphatic carbocycles. The van der Waals surface area contributed by atoms with E-state index in [1.54, 1.807) is 30.3 Å². The molecule has 0 spiro atoms. The first kappa shape index (κ1) is 14.4. The molecule has 1 aliphatic heterocycles. The lowest BCUT2D eigenvalue weighted by molar-refractivity contribution is 0.0954. The summed E-state index contributed by atoms with van der Waals surface area (Å²) in [6.07, 6.45) is 1.37. The normalized spacial score (nSPS) is 12.6. The molecule has 1 heterocycles. The van der Waals surface area contributed by atoms with Gasteiger partial charge in [0.05, 0.1) is 6.21 Å². The predicted molar refractivity (Wildman–Crippen MR) is 83.4 cm³/mol. The van der Waals surface area contributed by atoms with Gasteiger partial charge in [0.15, 0.2) is 11.5 Å².